The average Bonchev–Trinajstić information content (AvgIpc) is 2.90. The molecule has 1 atom stereocenters. The van der Waals surface area contributed by atoms with Crippen LogP contribution < -0.4 is 0 Å². The number of sulfonamides is 1. The normalized spacial score (nSPS) is 20.0. The third-order valence-corrected chi connectivity index (χ3v) is 5.92. The van der Waals surface area contributed by atoms with Crippen molar-refractivity contribution in [1.82, 2.24) is 4.31 Å². The molecule has 0 saturated carbocycles. The van der Waals surface area contributed by atoms with Crippen molar-refractivity contribution >= 4 is 20.2 Å². The molecule has 0 bridgehead atoms. The molecule has 1 saturated heterocycles. The van der Waals surface area contributed by atoms with E-state index in [-0.39, 0.29) is 17.5 Å². The van der Waals surface area contributed by atoms with Crippen LogP contribution in [-0.4, -0.2) is 47.4 Å². The lowest BCUT2D eigenvalue weighted by molar-refractivity contribution is 0.0979. The van der Waals surface area contributed by atoms with Gasteiger partial charge in [0, 0.05) is 20.2 Å². The van der Waals surface area contributed by atoms with Gasteiger partial charge in [-0.2, -0.15) is 12.7 Å². The summed E-state index contributed by atoms with van der Waals surface area (Å²) in [5, 5.41) is 0. The fourth-order valence-corrected chi connectivity index (χ4v) is 3.97. The Kier molecular flexibility index (Phi) is 4.66. The molecule has 1 aromatic rings. The van der Waals surface area contributed by atoms with E-state index in [4.69, 9.17) is 4.74 Å². The first kappa shape index (κ1) is 16.3. The molecule has 21 heavy (non-hydrogen) atoms. The van der Waals surface area contributed by atoms with Crippen molar-refractivity contribution in [2.45, 2.75) is 28.7 Å². The molecule has 118 valence electrons. The summed E-state index contributed by atoms with van der Waals surface area (Å²) in [6.45, 7) is 0.781. The van der Waals surface area contributed by atoms with Gasteiger partial charge < -0.3 is 4.74 Å². The number of ether oxygens (including phenoxy) is 1. The van der Waals surface area contributed by atoms with Crippen LogP contribution in [0, 0.1) is 0 Å². The molecule has 1 fully saturated rings. The molecular formula is C12H16FNO5S2. The van der Waals surface area contributed by atoms with Crippen molar-refractivity contribution < 1.29 is 25.5 Å². The van der Waals surface area contributed by atoms with E-state index < -0.39 is 25.1 Å². The number of halogens is 1. The second kappa shape index (κ2) is 5.99. The standard InChI is InChI=1S/C12H16FNO5S2/c1-14(9-10-4-3-7-19-10)21(17,18)12-6-2-5-11(8-12)20(13,15)16/h2,5-6,8,10H,3-4,7,9H2,1H3. The second-order valence-corrected chi connectivity index (χ2v) is 8.23. The first-order valence-electron chi connectivity index (χ1n) is 6.34. The Hall–Kier alpha value is -1.03. The summed E-state index contributed by atoms with van der Waals surface area (Å²) in [7, 11) is -7.45. The van der Waals surface area contributed by atoms with E-state index in [1.165, 1.54) is 19.2 Å². The summed E-state index contributed by atoms with van der Waals surface area (Å²) in [6, 6.07) is 4.25. The van der Waals surface area contributed by atoms with E-state index in [0.717, 1.165) is 29.3 Å². The first-order chi connectivity index (χ1) is 9.71. The maximum atomic E-state index is 13.0. The highest BCUT2D eigenvalue weighted by atomic mass is 32.3. The monoisotopic (exact) mass is 337 g/mol. The Morgan fingerprint density at radius 3 is 2.52 bits per heavy atom. The molecular weight excluding hydrogens is 321 g/mol. The Labute approximate surface area is 123 Å². The first-order valence-corrected chi connectivity index (χ1v) is 9.16. The van der Waals surface area contributed by atoms with Crippen molar-refractivity contribution in [2.75, 3.05) is 20.2 Å². The summed E-state index contributed by atoms with van der Waals surface area (Å²) in [6.07, 6.45) is 1.49. The summed E-state index contributed by atoms with van der Waals surface area (Å²) in [5.74, 6) is 0. The highest BCUT2D eigenvalue weighted by Crippen LogP contribution is 2.22. The second-order valence-electron chi connectivity index (χ2n) is 4.83. The molecule has 1 aliphatic rings. The van der Waals surface area contributed by atoms with Gasteiger partial charge in [0.25, 0.3) is 0 Å². The highest BCUT2D eigenvalue weighted by molar-refractivity contribution is 7.89. The molecule has 1 aliphatic heterocycles. The van der Waals surface area contributed by atoms with E-state index in [2.05, 4.69) is 0 Å². The van der Waals surface area contributed by atoms with E-state index in [1.54, 1.807) is 0 Å². The largest absolute Gasteiger partial charge is 0.377 e. The minimum absolute atomic E-state index is 0.169. The van der Waals surface area contributed by atoms with E-state index in [0.29, 0.717) is 6.61 Å². The summed E-state index contributed by atoms with van der Waals surface area (Å²) < 4.78 is 65.9. The van der Waals surface area contributed by atoms with Gasteiger partial charge >= 0.3 is 10.2 Å². The zero-order valence-corrected chi connectivity index (χ0v) is 13.0. The maximum Gasteiger partial charge on any atom is 0.332 e. The molecule has 1 unspecified atom stereocenters. The third-order valence-electron chi connectivity index (χ3n) is 3.28. The predicted octanol–water partition coefficient (Wildman–Crippen LogP) is 1.14. The van der Waals surface area contributed by atoms with Crippen LogP contribution in [-0.2, 0) is 25.0 Å². The van der Waals surface area contributed by atoms with Gasteiger partial charge in [0.2, 0.25) is 10.0 Å². The van der Waals surface area contributed by atoms with Gasteiger partial charge in [-0.05, 0) is 31.0 Å². The van der Waals surface area contributed by atoms with Gasteiger partial charge in [-0.3, -0.25) is 0 Å². The zero-order chi connectivity index (χ0) is 15.7. The molecule has 0 aromatic heterocycles. The van der Waals surface area contributed by atoms with Crippen molar-refractivity contribution in [3.63, 3.8) is 0 Å². The number of benzene rings is 1. The van der Waals surface area contributed by atoms with Crippen molar-refractivity contribution in [3.05, 3.63) is 24.3 Å². The van der Waals surface area contributed by atoms with Crippen LogP contribution in [0.1, 0.15) is 12.8 Å². The fourth-order valence-electron chi connectivity index (χ4n) is 2.14. The van der Waals surface area contributed by atoms with Crippen molar-refractivity contribution in [2.24, 2.45) is 0 Å². The molecule has 2 rings (SSSR count). The van der Waals surface area contributed by atoms with Crippen LogP contribution in [0.2, 0.25) is 0 Å². The summed E-state index contributed by atoms with van der Waals surface area (Å²) >= 11 is 0. The van der Waals surface area contributed by atoms with Gasteiger partial charge in [0.15, 0.2) is 0 Å². The highest BCUT2D eigenvalue weighted by Gasteiger charge is 2.27. The van der Waals surface area contributed by atoms with Crippen molar-refractivity contribution in [1.29, 1.82) is 0 Å². The van der Waals surface area contributed by atoms with E-state index in [1.807, 2.05) is 0 Å². The van der Waals surface area contributed by atoms with Crippen LogP contribution in [0.4, 0.5) is 3.89 Å². The molecule has 9 heteroatoms. The minimum Gasteiger partial charge on any atom is -0.377 e. The predicted molar refractivity (Wildman–Crippen MR) is 73.5 cm³/mol. The Morgan fingerprint density at radius 2 is 1.95 bits per heavy atom. The fraction of sp³-hybridized carbons (Fsp3) is 0.500. The lowest BCUT2D eigenvalue weighted by Crippen LogP contribution is -2.34. The van der Waals surface area contributed by atoms with Crippen molar-refractivity contribution in [3.8, 4) is 0 Å². The number of likely N-dealkylation sites (N-methyl/N-ethyl adjacent to an activating group) is 1. The number of hydrogen-bond donors (Lipinski definition) is 0. The lowest BCUT2D eigenvalue weighted by Gasteiger charge is -2.20. The molecule has 0 spiro atoms. The van der Waals surface area contributed by atoms with Gasteiger partial charge in [-0.25, -0.2) is 8.42 Å². The van der Waals surface area contributed by atoms with Crippen LogP contribution in [0.3, 0.4) is 0 Å². The smallest absolute Gasteiger partial charge is 0.332 e. The quantitative estimate of drug-likeness (QED) is 0.753. The van der Waals surface area contributed by atoms with Crippen LogP contribution in [0.5, 0.6) is 0 Å². The van der Waals surface area contributed by atoms with E-state index in [9.17, 15) is 20.7 Å². The van der Waals surface area contributed by atoms with Gasteiger partial charge in [0.1, 0.15) is 0 Å². The summed E-state index contributed by atoms with van der Waals surface area (Å²) in [4.78, 5) is -0.934. The molecule has 0 aliphatic carbocycles. The van der Waals surface area contributed by atoms with Gasteiger partial charge in [-0.1, -0.05) is 6.07 Å². The van der Waals surface area contributed by atoms with Crippen LogP contribution >= 0.6 is 0 Å². The molecule has 1 aromatic carbocycles. The molecule has 0 N–H and O–H groups in total. The van der Waals surface area contributed by atoms with Gasteiger partial charge in [0.05, 0.1) is 15.9 Å². The SMILES string of the molecule is CN(CC1CCCO1)S(=O)(=O)c1cccc(S(=O)(=O)F)c1. The van der Waals surface area contributed by atoms with E-state index >= 15 is 0 Å². The molecule has 6 nitrogen and oxygen atoms in total. The zero-order valence-electron chi connectivity index (χ0n) is 11.4. The third kappa shape index (κ3) is 3.79. The van der Waals surface area contributed by atoms with Crippen LogP contribution in [0.15, 0.2) is 34.1 Å². The Morgan fingerprint density at radius 1 is 1.29 bits per heavy atom. The number of hydrogen-bond acceptors (Lipinski definition) is 5. The lowest BCUT2D eigenvalue weighted by atomic mass is 10.2. The number of nitrogens with zero attached hydrogens (tertiary/aromatic N) is 1. The summed E-state index contributed by atoms with van der Waals surface area (Å²) in [5.41, 5.74) is 0. The topological polar surface area (TPSA) is 80.8 Å². The average molecular weight is 337 g/mol. The molecule has 0 radical (unpaired) electrons. The van der Waals surface area contributed by atoms with Crippen LogP contribution in [0.25, 0.3) is 0 Å². The number of rotatable bonds is 5. The Balaban J connectivity index is 2.26. The van der Waals surface area contributed by atoms with Gasteiger partial charge in [-0.15, -0.1) is 3.89 Å². The molecule has 0 amide bonds. The minimum atomic E-state index is -4.94. The molecule has 1 heterocycles. The Bertz CT molecular complexity index is 711. The maximum absolute atomic E-state index is 13.0.